The van der Waals surface area contributed by atoms with Crippen molar-refractivity contribution in [3.63, 3.8) is 0 Å². The van der Waals surface area contributed by atoms with Crippen LogP contribution in [0.15, 0.2) is 17.1 Å². The number of benzene rings is 1. The SMILES string of the molecule is COc1c(C(C)C)ccc(C(C)C)c1C1(N=C=O)CCC1. The first-order chi connectivity index (χ1) is 9.96. The van der Waals surface area contributed by atoms with Gasteiger partial charge in [-0.3, -0.25) is 0 Å². The number of carbonyl (C=O) groups excluding carboxylic acids is 1. The molecule has 0 saturated heterocycles. The van der Waals surface area contributed by atoms with Gasteiger partial charge in [0, 0.05) is 5.56 Å². The van der Waals surface area contributed by atoms with Crippen molar-refractivity contribution in [1.82, 2.24) is 0 Å². The summed E-state index contributed by atoms with van der Waals surface area (Å²) in [5.41, 5.74) is 3.11. The van der Waals surface area contributed by atoms with E-state index < -0.39 is 5.54 Å². The average molecular weight is 287 g/mol. The molecule has 0 radical (unpaired) electrons. The predicted octanol–water partition coefficient (Wildman–Crippen LogP) is 4.66. The molecule has 114 valence electrons. The number of hydrogen-bond donors (Lipinski definition) is 0. The number of aliphatic imine (C=N–C) groups is 1. The summed E-state index contributed by atoms with van der Waals surface area (Å²) in [6.07, 6.45) is 4.69. The maximum atomic E-state index is 11.0. The van der Waals surface area contributed by atoms with Crippen LogP contribution in [-0.4, -0.2) is 13.2 Å². The lowest BCUT2D eigenvalue weighted by Gasteiger charge is -2.40. The minimum atomic E-state index is -0.419. The summed E-state index contributed by atoms with van der Waals surface area (Å²) in [6.45, 7) is 8.66. The van der Waals surface area contributed by atoms with Gasteiger partial charge in [-0.25, -0.2) is 4.79 Å². The molecule has 3 heteroatoms. The van der Waals surface area contributed by atoms with E-state index in [1.807, 2.05) is 0 Å². The molecule has 0 spiro atoms. The third-order valence-corrected chi connectivity index (χ3v) is 4.57. The predicted molar refractivity (Wildman–Crippen MR) is 84.8 cm³/mol. The highest BCUT2D eigenvalue weighted by Crippen LogP contribution is 2.52. The Bertz CT molecular complexity index is 565. The summed E-state index contributed by atoms with van der Waals surface area (Å²) in [5.74, 6) is 1.65. The zero-order chi connectivity index (χ0) is 15.6. The van der Waals surface area contributed by atoms with Crippen LogP contribution >= 0.6 is 0 Å². The first-order valence-electron chi connectivity index (χ1n) is 7.77. The molecule has 1 aliphatic rings. The largest absolute Gasteiger partial charge is 0.496 e. The molecule has 0 N–H and O–H groups in total. The first-order valence-corrected chi connectivity index (χ1v) is 7.77. The van der Waals surface area contributed by atoms with E-state index in [9.17, 15) is 4.79 Å². The van der Waals surface area contributed by atoms with Crippen molar-refractivity contribution >= 4 is 6.08 Å². The van der Waals surface area contributed by atoms with Gasteiger partial charge in [-0.2, -0.15) is 4.99 Å². The van der Waals surface area contributed by atoms with E-state index in [0.29, 0.717) is 11.8 Å². The van der Waals surface area contributed by atoms with E-state index in [1.54, 1.807) is 13.2 Å². The summed E-state index contributed by atoms with van der Waals surface area (Å²) in [6, 6.07) is 4.33. The molecule has 0 unspecified atom stereocenters. The Morgan fingerprint density at radius 3 is 2.10 bits per heavy atom. The monoisotopic (exact) mass is 287 g/mol. The van der Waals surface area contributed by atoms with E-state index in [4.69, 9.17) is 4.74 Å². The second-order valence-corrected chi connectivity index (χ2v) is 6.55. The molecule has 1 aliphatic carbocycles. The van der Waals surface area contributed by atoms with Crippen LogP contribution in [0.5, 0.6) is 5.75 Å². The third kappa shape index (κ3) is 2.63. The zero-order valence-corrected chi connectivity index (χ0v) is 13.7. The van der Waals surface area contributed by atoms with Crippen LogP contribution < -0.4 is 4.74 Å². The summed E-state index contributed by atoms with van der Waals surface area (Å²) in [7, 11) is 1.71. The molecule has 1 fully saturated rings. The number of nitrogens with zero attached hydrogens (tertiary/aromatic N) is 1. The molecule has 0 aliphatic heterocycles. The standard InChI is InChI=1S/C18H25NO2/c1-12(2)14-7-8-15(13(3)4)17(21-5)16(14)18(19-11-20)9-6-10-18/h7-8,12-13H,6,9-10H2,1-5H3. The Morgan fingerprint density at radius 1 is 1.14 bits per heavy atom. The summed E-state index contributed by atoms with van der Waals surface area (Å²) in [5, 5.41) is 0. The second-order valence-electron chi connectivity index (χ2n) is 6.55. The van der Waals surface area contributed by atoms with Crippen LogP contribution in [0.2, 0.25) is 0 Å². The minimum Gasteiger partial charge on any atom is -0.496 e. The molecular weight excluding hydrogens is 262 g/mol. The molecule has 1 aromatic rings. The molecular formula is C18H25NO2. The number of rotatable bonds is 5. The Hall–Kier alpha value is -1.60. The molecule has 0 bridgehead atoms. The lowest BCUT2D eigenvalue weighted by molar-refractivity contribution is 0.242. The van der Waals surface area contributed by atoms with E-state index >= 15 is 0 Å². The normalized spacial score (nSPS) is 16.5. The van der Waals surface area contributed by atoms with Gasteiger partial charge in [0.25, 0.3) is 0 Å². The number of isocyanates is 1. The maximum Gasteiger partial charge on any atom is 0.235 e. The van der Waals surface area contributed by atoms with Gasteiger partial charge < -0.3 is 4.74 Å². The Kier molecular flexibility index (Phi) is 4.53. The smallest absolute Gasteiger partial charge is 0.235 e. The van der Waals surface area contributed by atoms with E-state index in [-0.39, 0.29) is 0 Å². The molecule has 3 nitrogen and oxygen atoms in total. The highest BCUT2D eigenvalue weighted by Gasteiger charge is 2.43. The van der Waals surface area contributed by atoms with Crippen molar-refractivity contribution in [2.24, 2.45) is 4.99 Å². The summed E-state index contributed by atoms with van der Waals surface area (Å²) in [4.78, 5) is 15.2. The van der Waals surface area contributed by atoms with Gasteiger partial charge in [-0.15, -0.1) is 0 Å². The van der Waals surface area contributed by atoms with Gasteiger partial charge in [0.15, 0.2) is 0 Å². The third-order valence-electron chi connectivity index (χ3n) is 4.57. The quantitative estimate of drug-likeness (QED) is 0.583. The van der Waals surface area contributed by atoms with Gasteiger partial charge in [0.1, 0.15) is 11.3 Å². The van der Waals surface area contributed by atoms with Gasteiger partial charge in [0.2, 0.25) is 6.08 Å². The van der Waals surface area contributed by atoms with Gasteiger partial charge >= 0.3 is 0 Å². The second kappa shape index (κ2) is 6.03. The fourth-order valence-electron chi connectivity index (χ4n) is 3.27. The lowest BCUT2D eigenvalue weighted by atomic mass is 9.68. The van der Waals surface area contributed by atoms with Crippen molar-refractivity contribution in [2.45, 2.75) is 64.3 Å². The first kappa shape index (κ1) is 15.8. The topological polar surface area (TPSA) is 38.7 Å². The summed E-state index contributed by atoms with van der Waals surface area (Å²) >= 11 is 0. The van der Waals surface area contributed by atoms with Crippen LogP contribution in [0.25, 0.3) is 0 Å². The molecule has 0 amide bonds. The van der Waals surface area contributed by atoms with Crippen LogP contribution in [0.3, 0.4) is 0 Å². The number of methoxy groups -OCH3 is 1. The average Bonchev–Trinajstić information content (AvgIpc) is 2.40. The maximum absolute atomic E-state index is 11.0. The molecule has 0 heterocycles. The van der Waals surface area contributed by atoms with E-state index in [1.165, 1.54) is 11.1 Å². The molecule has 2 rings (SSSR count). The van der Waals surface area contributed by atoms with Gasteiger partial charge in [-0.05, 0) is 42.2 Å². The number of hydrogen-bond acceptors (Lipinski definition) is 3. The number of ether oxygens (including phenoxy) is 1. The van der Waals surface area contributed by atoms with Crippen molar-refractivity contribution in [1.29, 1.82) is 0 Å². The molecule has 0 aromatic heterocycles. The van der Waals surface area contributed by atoms with Crippen molar-refractivity contribution < 1.29 is 9.53 Å². The summed E-state index contributed by atoms with van der Waals surface area (Å²) < 4.78 is 5.77. The van der Waals surface area contributed by atoms with E-state index in [2.05, 4.69) is 44.8 Å². The fourth-order valence-corrected chi connectivity index (χ4v) is 3.27. The van der Waals surface area contributed by atoms with Crippen LogP contribution in [0, 0.1) is 0 Å². The van der Waals surface area contributed by atoms with Crippen molar-refractivity contribution in [3.05, 3.63) is 28.8 Å². The molecule has 1 aromatic carbocycles. The lowest BCUT2D eigenvalue weighted by Crippen LogP contribution is -2.34. The molecule has 1 saturated carbocycles. The Balaban J connectivity index is 2.75. The fraction of sp³-hybridized carbons (Fsp3) is 0.611. The van der Waals surface area contributed by atoms with Crippen molar-refractivity contribution in [2.75, 3.05) is 7.11 Å². The highest BCUT2D eigenvalue weighted by molar-refractivity contribution is 5.55. The highest BCUT2D eigenvalue weighted by atomic mass is 16.5. The Labute approximate surface area is 127 Å². The molecule has 21 heavy (non-hydrogen) atoms. The van der Waals surface area contributed by atoms with Crippen LogP contribution in [-0.2, 0) is 10.3 Å². The zero-order valence-electron chi connectivity index (χ0n) is 13.7. The minimum absolute atomic E-state index is 0.370. The van der Waals surface area contributed by atoms with Gasteiger partial charge in [-0.1, -0.05) is 39.8 Å². The van der Waals surface area contributed by atoms with Gasteiger partial charge in [0.05, 0.1) is 7.11 Å². The van der Waals surface area contributed by atoms with Crippen molar-refractivity contribution in [3.8, 4) is 5.75 Å². The molecule has 0 atom stereocenters. The van der Waals surface area contributed by atoms with Crippen LogP contribution in [0.1, 0.15) is 75.5 Å². The van der Waals surface area contributed by atoms with Crippen LogP contribution in [0.4, 0.5) is 0 Å². The van der Waals surface area contributed by atoms with E-state index in [0.717, 1.165) is 30.6 Å². The Morgan fingerprint density at radius 2 is 1.71 bits per heavy atom.